The Morgan fingerprint density at radius 1 is 1.15 bits per heavy atom. The number of benzene rings is 2. The largest absolute Gasteiger partial charge is 0.309 e. The Bertz CT molecular complexity index is 612. The van der Waals surface area contributed by atoms with Crippen LogP contribution in [-0.4, -0.2) is 4.92 Å². The van der Waals surface area contributed by atoms with Gasteiger partial charge in [0.1, 0.15) is 0 Å². The molecule has 2 aromatic carbocycles. The fourth-order valence-electron chi connectivity index (χ4n) is 1.84. The Balaban J connectivity index is 1.94. The second-order valence-corrected chi connectivity index (χ2v) is 5.03. The summed E-state index contributed by atoms with van der Waals surface area (Å²) in [6.07, 6.45) is 0. The monoisotopic (exact) mass is 290 g/mol. The highest BCUT2D eigenvalue weighted by Gasteiger charge is 2.08. The number of nitro groups is 1. The molecule has 0 heterocycles. The Morgan fingerprint density at radius 3 is 2.45 bits per heavy atom. The summed E-state index contributed by atoms with van der Waals surface area (Å²) in [6, 6.07) is 12.8. The van der Waals surface area contributed by atoms with E-state index in [0.29, 0.717) is 11.6 Å². The third kappa shape index (κ3) is 3.79. The minimum absolute atomic E-state index is 0.0114. The second kappa shape index (κ2) is 6.50. The summed E-state index contributed by atoms with van der Waals surface area (Å²) in [5, 5.41) is 14.3. The standard InChI is InChI=1S/C15H15ClN2O2/c1-11-2-4-12(5-3-11)9-17-10-13-6-7-14(18(19)20)8-15(13)16/h2-8,17H,9-10H2,1H3. The molecule has 104 valence electrons. The first kappa shape index (κ1) is 14.5. The van der Waals surface area contributed by atoms with Gasteiger partial charge in [-0.15, -0.1) is 0 Å². The highest BCUT2D eigenvalue weighted by Crippen LogP contribution is 2.22. The normalized spacial score (nSPS) is 10.5. The summed E-state index contributed by atoms with van der Waals surface area (Å²) in [4.78, 5) is 10.2. The van der Waals surface area contributed by atoms with Gasteiger partial charge in [0.15, 0.2) is 0 Å². The lowest BCUT2D eigenvalue weighted by Gasteiger charge is -2.07. The van der Waals surface area contributed by atoms with Crippen LogP contribution in [0.4, 0.5) is 5.69 Å². The summed E-state index contributed by atoms with van der Waals surface area (Å²) < 4.78 is 0. The van der Waals surface area contributed by atoms with Crippen LogP contribution >= 0.6 is 11.6 Å². The van der Waals surface area contributed by atoms with Gasteiger partial charge >= 0.3 is 0 Å². The minimum Gasteiger partial charge on any atom is -0.309 e. The third-order valence-electron chi connectivity index (χ3n) is 3.01. The number of halogens is 1. The molecule has 0 saturated heterocycles. The lowest BCUT2D eigenvalue weighted by Crippen LogP contribution is -2.13. The van der Waals surface area contributed by atoms with Crippen LogP contribution in [0.25, 0.3) is 0 Å². The van der Waals surface area contributed by atoms with Gasteiger partial charge in [0.2, 0.25) is 0 Å². The molecule has 2 aromatic rings. The second-order valence-electron chi connectivity index (χ2n) is 4.62. The van der Waals surface area contributed by atoms with Crippen molar-refractivity contribution in [1.82, 2.24) is 5.32 Å². The van der Waals surface area contributed by atoms with Crippen LogP contribution in [0.1, 0.15) is 16.7 Å². The summed E-state index contributed by atoms with van der Waals surface area (Å²) in [5.74, 6) is 0. The van der Waals surface area contributed by atoms with Crippen molar-refractivity contribution in [3.05, 3.63) is 74.3 Å². The zero-order valence-corrected chi connectivity index (χ0v) is 11.9. The molecule has 0 aliphatic heterocycles. The summed E-state index contributed by atoms with van der Waals surface area (Å²) >= 11 is 6.03. The Hall–Kier alpha value is -1.91. The van der Waals surface area contributed by atoms with Crippen molar-refractivity contribution in [1.29, 1.82) is 0 Å². The van der Waals surface area contributed by atoms with E-state index in [9.17, 15) is 10.1 Å². The molecule has 0 bridgehead atoms. The highest BCUT2D eigenvalue weighted by molar-refractivity contribution is 6.31. The first-order valence-corrected chi connectivity index (χ1v) is 6.63. The van der Waals surface area contributed by atoms with E-state index in [1.807, 2.05) is 6.92 Å². The maximum Gasteiger partial charge on any atom is 0.270 e. The Morgan fingerprint density at radius 2 is 1.85 bits per heavy atom. The number of non-ortho nitro benzene ring substituents is 1. The quantitative estimate of drug-likeness (QED) is 0.672. The number of nitrogens with one attached hydrogen (secondary N) is 1. The van der Waals surface area contributed by atoms with Crippen LogP contribution < -0.4 is 5.32 Å². The predicted molar refractivity (Wildman–Crippen MR) is 79.8 cm³/mol. The van der Waals surface area contributed by atoms with Crippen molar-refractivity contribution >= 4 is 17.3 Å². The van der Waals surface area contributed by atoms with Gasteiger partial charge in [-0.25, -0.2) is 0 Å². The number of aryl methyl sites for hydroxylation is 1. The molecule has 4 nitrogen and oxygen atoms in total. The van der Waals surface area contributed by atoms with E-state index >= 15 is 0 Å². The maximum absolute atomic E-state index is 10.6. The number of hydrogen-bond donors (Lipinski definition) is 1. The predicted octanol–water partition coefficient (Wildman–Crippen LogP) is 3.85. The van der Waals surface area contributed by atoms with Crippen molar-refractivity contribution < 1.29 is 4.92 Å². The Labute approximate surface area is 122 Å². The van der Waals surface area contributed by atoms with Crippen LogP contribution in [0.3, 0.4) is 0 Å². The lowest BCUT2D eigenvalue weighted by molar-refractivity contribution is -0.384. The average molecular weight is 291 g/mol. The molecule has 0 amide bonds. The average Bonchev–Trinajstić information content (AvgIpc) is 2.42. The Kier molecular flexibility index (Phi) is 4.71. The van der Waals surface area contributed by atoms with Crippen molar-refractivity contribution in [2.75, 3.05) is 0 Å². The first-order valence-electron chi connectivity index (χ1n) is 6.25. The molecule has 0 aliphatic carbocycles. The zero-order valence-electron chi connectivity index (χ0n) is 11.1. The van der Waals surface area contributed by atoms with Gasteiger partial charge in [-0.3, -0.25) is 10.1 Å². The van der Waals surface area contributed by atoms with Crippen molar-refractivity contribution in [2.45, 2.75) is 20.0 Å². The molecule has 0 aliphatic rings. The topological polar surface area (TPSA) is 55.2 Å². The number of hydrogen-bond acceptors (Lipinski definition) is 3. The van der Waals surface area contributed by atoms with Gasteiger partial charge in [0.05, 0.1) is 9.95 Å². The van der Waals surface area contributed by atoms with Crippen molar-refractivity contribution in [3.63, 3.8) is 0 Å². The molecule has 0 fully saturated rings. The number of nitro benzene ring substituents is 1. The minimum atomic E-state index is -0.449. The summed E-state index contributed by atoms with van der Waals surface area (Å²) in [5.41, 5.74) is 3.28. The molecule has 20 heavy (non-hydrogen) atoms. The van der Waals surface area contributed by atoms with Crippen LogP contribution in [0, 0.1) is 17.0 Å². The third-order valence-corrected chi connectivity index (χ3v) is 3.36. The molecule has 0 atom stereocenters. The van der Waals surface area contributed by atoms with Gasteiger partial charge in [0, 0.05) is 25.2 Å². The smallest absolute Gasteiger partial charge is 0.270 e. The molecule has 0 unspecified atom stereocenters. The first-order chi connectivity index (χ1) is 9.56. The number of nitrogens with zero attached hydrogens (tertiary/aromatic N) is 1. The molecule has 0 saturated carbocycles. The molecule has 0 aromatic heterocycles. The molecule has 1 N–H and O–H groups in total. The van der Waals surface area contributed by atoms with E-state index in [2.05, 4.69) is 29.6 Å². The van der Waals surface area contributed by atoms with E-state index in [1.165, 1.54) is 23.3 Å². The summed E-state index contributed by atoms with van der Waals surface area (Å²) in [6.45, 7) is 3.35. The molecular weight excluding hydrogens is 276 g/mol. The molecular formula is C15H15ClN2O2. The molecule has 2 rings (SSSR count). The van der Waals surface area contributed by atoms with E-state index in [0.717, 1.165) is 12.1 Å². The van der Waals surface area contributed by atoms with Crippen molar-refractivity contribution in [3.8, 4) is 0 Å². The SMILES string of the molecule is Cc1ccc(CNCc2ccc([N+](=O)[O-])cc2Cl)cc1. The highest BCUT2D eigenvalue weighted by atomic mass is 35.5. The fourth-order valence-corrected chi connectivity index (χ4v) is 2.08. The van der Waals surface area contributed by atoms with E-state index in [4.69, 9.17) is 11.6 Å². The molecule has 0 radical (unpaired) electrons. The van der Waals surface area contributed by atoms with Gasteiger partial charge in [-0.05, 0) is 24.1 Å². The lowest BCUT2D eigenvalue weighted by atomic mass is 10.1. The van der Waals surface area contributed by atoms with Crippen LogP contribution in [-0.2, 0) is 13.1 Å². The van der Waals surface area contributed by atoms with E-state index in [1.54, 1.807) is 6.07 Å². The van der Waals surface area contributed by atoms with E-state index in [-0.39, 0.29) is 5.69 Å². The molecule has 0 spiro atoms. The fraction of sp³-hybridized carbons (Fsp3) is 0.200. The summed E-state index contributed by atoms with van der Waals surface area (Å²) in [7, 11) is 0. The zero-order chi connectivity index (χ0) is 14.5. The molecule has 5 heteroatoms. The van der Waals surface area contributed by atoms with Gasteiger partial charge in [-0.1, -0.05) is 41.4 Å². The van der Waals surface area contributed by atoms with E-state index < -0.39 is 4.92 Å². The van der Waals surface area contributed by atoms with Crippen LogP contribution in [0.5, 0.6) is 0 Å². The van der Waals surface area contributed by atoms with Crippen molar-refractivity contribution in [2.24, 2.45) is 0 Å². The van der Waals surface area contributed by atoms with Gasteiger partial charge in [0.25, 0.3) is 5.69 Å². The maximum atomic E-state index is 10.6. The van der Waals surface area contributed by atoms with Gasteiger partial charge < -0.3 is 5.32 Å². The van der Waals surface area contributed by atoms with Crippen LogP contribution in [0.15, 0.2) is 42.5 Å². The number of rotatable bonds is 5. The van der Waals surface area contributed by atoms with Gasteiger partial charge in [-0.2, -0.15) is 0 Å². The van der Waals surface area contributed by atoms with Crippen LogP contribution in [0.2, 0.25) is 5.02 Å².